The summed E-state index contributed by atoms with van der Waals surface area (Å²) < 4.78 is 27.3. The SMILES string of the molecule is CC(=O)OC[C@H]1S[C@@H](Oc2ccccc2N)[C@H](OC(C)=O)[C@@H](OC(C)=O)[C@@H]1OC(C)=O. The molecule has 1 fully saturated rings. The molecule has 170 valence electrons. The maximum absolute atomic E-state index is 11.8. The summed E-state index contributed by atoms with van der Waals surface area (Å²) in [7, 11) is 0. The monoisotopic (exact) mass is 455 g/mol. The summed E-state index contributed by atoms with van der Waals surface area (Å²) in [6.45, 7) is 4.62. The second-order valence-corrected chi connectivity index (χ2v) is 8.07. The molecule has 2 N–H and O–H groups in total. The Kier molecular flexibility index (Phi) is 8.55. The average Bonchev–Trinajstić information content (AvgIpc) is 2.65. The largest absolute Gasteiger partial charge is 0.474 e. The molecule has 11 heteroatoms. The second-order valence-electron chi connectivity index (χ2n) is 6.72. The smallest absolute Gasteiger partial charge is 0.303 e. The molecule has 1 aromatic rings. The van der Waals surface area contributed by atoms with Crippen molar-refractivity contribution in [2.45, 2.75) is 56.7 Å². The minimum absolute atomic E-state index is 0.160. The lowest BCUT2D eigenvalue weighted by Crippen LogP contribution is -2.59. The quantitative estimate of drug-likeness (QED) is 0.363. The highest BCUT2D eigenvalue weighted by Gasteiger charge is 2.53. The van der Waals surface area contributed by atoms with E-state index < -0.39 is 52.9 Å². The van der Waals surface area contributed by atoms with Gasteiger partial charge in [0.15, 0.2) is 23.7 Å². The van der Waals surface area contributed by atoms with Gasteiger partial charge in [-0.25, -0.2) is 0 Å². The molecule has 1 heterocycles. The molecule has 0 amide bonds. The van der Waals surface area contributed by atoms with E-state index in [1.165, 1.54) is 27.7 Å². The Morgan fingerprint density at radius 3 is 1.94 bits per heavy atom. The zero-order chi connectivity index (χ0) is 23.1. The highest BCUT2D eigenvalue weighted by atomic mass is 32.2. The summed E-state index contributed by atoms with van der Waals surface area (Å²) in [6.07, 6.45) is -3.41. The number of benzene rings is 1. The van der Waals surface area contributed by atoms with Crippen molar-refractivity contribution in [1.29, 1.82) is 0 Å². The lowest BCUT2D eigenvalue weighted by Gasteiger charge is -2.43. The maximum atomic E-state index is 11.8. The first-order valence-electron chi connectivity index (χ1n) is 9.40. The molecule has 31 heavy (non-hydrogen) atoms. The Morgan fingerprint density at radius 2 is 1.39 bits per heavy atom. The highest BCUT2D eigenvalue weighted by Crippen LogP contribution is 2.40. The van der Waals surface area contributed by atoms with Gasteiger partial charge in [0.05, 0.1) is 10.9 Å². The third kappa shape index (κ3) is 7.06. The number of esters is 4. The molecule has 5 atom stereocenters. The normalized spacial score (nSPS) is 25.1. The van der Waals surface area contributed by atoms with Gasteiger partial charge in [-0.2, -0.15) is 0 Å². The summed E-state index contributed by atoms with van der Waals surface area (Å²) >= 11 is 1.11. The van der Waals surface area contributed by atoms with Crippen molar-refractivity contribution in [2.75, 3.05) is 12.3 Å². The van der Waals surface area contributed by atoms with Crippen LogP contribution in [0.5, 0.6) is 5.75 Å². The van der Waals surface area contributed by atoms with Crippen LogP contribution in [0.25, 0.3) is 0 Å². The minimum atomic E-state index is -1.21. The van der Waals surface area contributed by atoms with Crippen LogP contribution in [0.2, 0.25) is 0 Å². The Hall–Kier alpha value is -2.95. The van der Waals surface area contributed by atoms with Gasteiger partial charge in [0.1, 0.15) is 12.4 Å². The van der Waals surface area contributed by atoms with E-state index in [2.05, 4.69) is 0 Å². The molecule has 10 nitrogen and oxygen atoms in total. The van der Waals surface area contributed by atoms with Gasteiger partial charge in [0, 0.05) is 27.7 Å². The number of hydrogen-bond donors (Lipinski definition) is 1. The fourth-order valence-electron chi connectivity index (χ4n) is 3.00. The predicted molar refractivity (Wildman–Crippen MR) is 110 cm³/mol. The average molecular weight is 455 g/mol. The van der Waals surface area contributed by atoms with Crippen molar-refractivity contribution in [3.05, 3.63) is 24.3 Å². The van der Waals surface area contributed by atoms with Crippen LogP contribution in [0.3, 0.4) is 0 Å². The number of carbonyl (C=O) groups excluding carboxylic acids is 4. The van der Waals surface area contributed by atoms with Crippen molar-refractivity contribution in [3.63, 3.8) is 0 Å². The molecule has 1 aliphatic rings. The fraction of sp³-hybridized carbons (Fsp3) is 0.500. The molecule has 0 saturated carbocycles. The standard InChI is InChI=1S/C20H25NO9S/c1-10(22)26-9-16-17(27-11(2)23)18(28-12(3)24)19(29-13(4)25)20(31-16)30-15-8-6-5-7-14(15)21/h5-8,16-20H,9,21H2,1-4H3/t16-,17-,18+,19-,20-/m1/s1. The number of nitrogens with two attached hydrogens (primary N) is 1. The molecular formula is C20H25NO9S. The van der Waals surface area contributed by atoms with Gasteiger partial charge in [-0.3, -0.25) is 19.2 Å². The topological polar surface area (TPSA) is 140 Å². The fourth-order valence-corrected chi connectivity index (χ4v) is 4.38. The maximum Gasteiger partial charge on any atom is 0.303 e. The number of ether oxygens (including phenoxy) is 5. The van der Waals surface area contributed by atoms with Crippen LogP contribution < -0.4 is 10.5 Å². The van der Waals surface area contributed by atoms with Crippen LogP contribution in [0.4, 0.5) is 5.69 Å². The van der Waals surface area contributed by atoms with E-state index in [0.717, 1.165) is 11.8 Å². The van der Waals surface area contributed by atoms with Crippen molar-refractivity contribution < 1.29 is 42.9 Å². The molecule has 0 radical (unpaired) electrons. The van der Waals surface area contributed by atoms with Crippen LogP contribution in [0.1, 0.15) is 27.7 Å². The summed E-state index contributed by atoms with van der Waals surface area (Å²) in [5.74, 6) is -2.22. The van der Waals surface area contributed by atoms with Crippen LogP contribution in [0.15, 0.2) is 24.3 Å². The Bertz CT molecular complexity index is 831. The van der Waals surface area contributed by atoms with Crippen molar-refractivity contribution >= 4 is 41.3 Å². The van der Waals surface area contributed by atoms with Crippen LogP contribution in [-0.4, -0.2) is 59.5 Å². The van der Waals surface area contributed by atoms with Crippen molar-refractivity contribution in [3.8, 4) is 5.75 Å². The first-order valence-corrected chi connectivity index (χ1v) is 10.3. The first kappa shape index (κ1) is 24.3. The van der Waals surface area contributed by atoms with Gasteiger partial charge in [0.2, 0.25) is 0 Å². The summed E-state index contributed by atoms with van der Waals surface area (Å²) in [4.78, 5) is 46.7. The summed E-state index contributed by atoms with van der Waals surface area (Å²) in [5.41, 5.74) is 5.39. The molecule has 2 rings (SSSR count). The van der Waals surface area contributed by atoms with E-state index in [4.69, 9.17) is 29.4 Å². The number of anilines is 1. The number of carbonyl (C=O) groups is 4. The van der Waals surface area contributed by atoms with Gasteiger partial charge in [-0.15, -0.1) is 11.8 Å². The lowest BCUT2D eigenvalue weighted by molar-refractivity contribution is -0.190. The molecule has 0 spiro atoms. The Morgan fingerprint density at radius 1 is 0.839 bits per heavy atom. The van der Waals surface area contributed by atoms with E-state index in [1.54, 1.807) is 24.3 Å². The zero-order valence-corrected chi connectivity index (χ0v) is 18.4. The van der Waals surface area contributed by atoms with Gasteiger partial charge >= 0.3 is 23.9 Å². The Labute approximate surface area is 183 Å². The van der Waals surface area contributed by atoms with Crippen molar-refractivity contribution in [1.82, 2.24) is 0 Å². The van der Waals surface area contributed by atoms with Gasteiger partial charge < -0.3 is 29.4 Å². The minimum Gasteiger partial charge on any atom is -0.474 e. The number of thioether (sulfide) groups is 1. The molecule has 1 aliphatic heterocycles. The van der Waals surface area contributed by atoms with Crippen LogP contribution >= 0.6 is 11.8 Å². The molecule has 1 saturated heterocycles. The van der Waals surface area contributed by atoms with E-state index in [9.17, 15) is 19.2 Å². The zero-order valence-electron chi connectivity index (χ0n) is 17.6. The molecule has 0 aromatic heterocycles. The highest BCUT2D eigenvalue weighted by molar-refractivity contribution is 8.00. The number of para-hydroxylation sites is 2. The number of nitrogen functional groups attached to an aromatic ring is 1. The van der Waals surface area contributed by atoms with Gasteiger partial charge in [0.25, 0.3) is 0 Å². The molecular weight excluding hydrogens is 430 g/mol. The van der Waals surface area contributed by atoms with Crippen LogP contribution in [-0.2, 0) is 38.1 Å². The first-order chi connectivity index (χ1) is 14.6. The van der Waals surface area contributed by atoms with Gasteiger partial charge in [-0.1, -0.05) is 12.1 Å². The van der Waals surface area contributed by atoms with Crippen molar-refractivity contribution in [2.24, 2.45) is 0 Å². The lowest BCUT2D eigenvalue weighted by atomic mass is 10.0. The Balaban J connectivity index is 2.46. The summed E-state index contributed by atoms with van der Waals surface area (Å²) in [6, 6.07) is 6.69. The van der Waals surface area contributed by atoms with E-state index in [1.807, 2.05) is 0 Å². The molecule has 0 aliphatic carbocycles. The van der Waals surface area contributed by atoms with Gasteiger partial charge in [-0.05, 0) is 12.1 Å². The van der Waals surface area contributed by atoms with E-state index in [0.29, 0.717) is 11.4 Å². The number of rotatable bonds is 7. The predicted octanol–water partition coefficient (Wildman–Crippen LogP) is 1.45. The third-order valence-electron chi connectivity index (χ3n) is 4.11. The van der Waals surface area contributed by atoms with E-state index >= 15 is 0 Å². The molecule has 0 unspecified atom stereocenters. The summed E-state index contributed by atoms with van der Waals surface area (Å²) in [5, 5.41) is -0.682. The van der Waals surface area contributed by atoms with Crippen LogP contribution in [0, 0.1) is 0 Å². The second kappa shape index (κ2) is 10.9. The molecule has 0 bridgehead atoms. The third-order valence-corrected chi connectivity index (χ3v) is 5.50. The molecule has 1 aromatic carbocycles. The number of hydrogen-bond acceptors (Lipinski definition) is 11. The van der Waals surface area contributed by atoms with E-state index in [-0.39, 0.29) is 6.61 Å².